The highest BCUT2D eigenvalue weighted by Crippen LogP contribution is 2.16. The third-order valence-corrected chi connectivity index (χ3v) is 2.00. The van der Waals surface area contributed by atoms with E-state index in [2.05, 4.69) is 10.0 Å². The van der Waals surface area contributed by atoms with Crippen LogP contribution in [0.3, 0.4) is 0 Å². The average Bonchev–Trinajstić information content (AvgIpc) is 1.91. The fourth-order valence-electron chi connectivity index (χ4n) is 0.600. The van der Waals surface area contributed by atoms with Gasteiger partial charge in [0, 0.05) is 10.7 Å². The highest BCUT2D eigenvalue weighted by atomic mass is 32.2. The maximum atomic E-state index is 8.01. The zero-order chi connectivity index (χ0) is 6.53. The van der Waals surface area contributed by atoms with E-state index < -0.39 is 0 Å². The number of thioether (sulfide) groups is 1. The maximum Gasteiger partial charge on any atom is 0.107 e. The molecule has 9 heavy (non-hydrogen) atoms. The van der Waals surface area contributed by atoms with Crippen LogP contribution < -0.4 is 0 Å². The Hall–Kier alpha value is -0.380. The van der Waals surface area contributed by atoms with Crippen molar-refractivity contribution in [2.75, 3.05) is 19.0 Å². The molecule has 1 aliphatic rings. The second-order valence-corrected chi connectivity index (χ2v) is 2.89. The Morgan fingerprint density at radius 2 is 2.67 bits per heavy atom. The number of hydrogen-bond acceptors (Lipinski definition) is 3. The molecule has 1 fully saturated rings. The van der Waals surface area contributed by atoms with Gasteiger partial charge in [0.2, 0.25) is 0 Å². The Morgan fingerprint density at radius 3 is 3.22 bits per heavy atom. The van der Waals surface area contributed by atoms with E-state index in [0.717, 1.165) is 12.4 Å². The molecule has 0 amide bonds. The lowest BCUT2D eigenvalue weighted by Crippen LogP contribution is -2.17. The molecule has 0 N–H and O–H groups in total. The summed E-state index contributed by atoms with van der Waals surface area (Å²) in [4.78, 5) is 2.68. The van der Waals surface area contributed by atoms with Gasteiger partial charge < -0.3 is 4.74 Å². The second-order valence-electron chi connectivity index (χ2n) is 1.61. The van der Waals surface area contributed by atoms with Gasteiger partial charge in [-0.3, -0.25) is 0 Å². The molecule has 0 aromatic carbocycles. The molecular formula is C4H7N3OS. The molecule has 5 heteroatoms. The zero-order valence-corrected chi connectivity index (χ0v) is 5.67. The van der Waals surface area contributed by atoms with Gasteiger partial charge in [-0.1, -0.05) is 5.11 Å². The molecule has 1 rings (SSSR count). The first-order chi connectivity index (χ1) is 4.43. The lowest BCUT2D eigenvalue weighted by atomic mass is 10.7. The average molecular weight is 145 g/mol. The molecule has 0 aromatic heterocycles. The Morgan fingerprint density at radius 1 is 1.78 bits per heavy atom. The Balaban J connectivity index is 2.31. The largest absolute Gasteiger partial charge is 0.379 e. The Bertz CT molecular complexity index is 128. The number of azide groups is 1. The van der Waals surface area contributed by atoms with Crippen LogP contribution in [0.1, 0.15) is 0 Å². The van der Waals surface area contributed by atoms with Crippen LogP contribution in [0.4, 0.5) is 0 Å². The first-order valence-electron chi connectivity index (χ1n) is 2.67. The third kappa shape index (κ3) is 2.13. The number of nitrogens with zero attached hydrogens (tertiary/aromatic N) is 3. The quantitative estimate of drug-likeness (QED) is 0.318. The summed E-state index contributed by atoms with van der Waals surface area (Å²) in [6.07, 6.45) is 0. The van der Waals surface area contributed by atoms with Gasteiger partial charge in [-0.15, -0.1) is 11.8 Å². The minimum atomic E-state index is 0.00347. The lowest BCUT2D eigenvalue weighted by molar-refractivity contribution is 0.144. The molecule has 1 aliphatic heterocycles. The normalized spacial score (nSPS) is 26.9. The first-order valence-corrected chi connectivity index (χ1v) is 3.72. The van der Waals surface area contributed by atoms with Crippen LogP contribution in [0, 0.1) is 0 Å². The minimum absolute atomic E-state index is 0.00347. The van der Waals surface area contributed by atoms with Crippen molar-refractivity contribution in [3.63, 3.8) is 0 Å². The summed E-state index contributed by atoms with van der Waals surface area (Å²) < 4.78 is 5.05. The van der Waals surface area contributed by atoms with Crippen molar-refractivity contribution in [2.24, 2.45) is 5.11 Å². The highest BCUT2D eigenvalue weighted by molar-refractivity contribution is 7.99. The predicted molar refractivity (Wildman–Crippen MR) is 36.2 cm³/mol. The molecule has 1 atom stereocenters. The van der Waals surface area contributed by atoms with Gasteiger partial charge in [-0.25, -0.2) is 0 Å². The summed E-state index contributed by atoms with van der Waals surface area (Å²) in [5.41, 5.74) is 8.01. The molecule has 0 spiro atoms. The summed E-state index contributed by atoms with van der Waals surface area (Å²) in [5, 5.41) is 3.51. The van der Waals surface area contributed by atoms with Crippen molar-refractivity contribution in [1.82, 2.24) is 0 Å². The molecule has 1 unspecified atom stereocenters. The minimum Gasteiger partial charge on any atom is -0.379 e. The molecule has 1 heterocycles. The van der Waals surface area contributed by atoms with Gasteiger partial charge in [0.1, 0.15) is 5.37 Å². The van der Waals surface area contributed by atoms with Gasteiger partial charge in [-0.05, 0) is 5.53 Å². The monoisotopic (exact) mass is 145 g/mol. The lowest BCUT2D eigenvalue weighted by Gasteiger charge is -2.16. The number of hydrogen-bond donors (Lipinski definition) is 0. The topological polar surface area (TPSA) is 58.0 Å². The molecule has 1 saturated heterocycles. The van der Waals surface area contributed by atoms with Crippen LogP contribution in [0.15, 0.2) is 5.11 Å². The molecule has 0 radical (unpaired) electrons. The van der Waals surface area contributed by atoms with Gasteiger partial charge in [0.05, 0.1) is 13.2 Å². The van der Waals surface area contributed by atoms with E-state index in [4.69, 9.17) is 10.3 Å². The van der Waals surface area contributed by atoms with Crippen molar-refractivity contribution >= 4 is 11.8 Å². The van der Waals surface area contributed by atoms with Crippen LogP contribution in [0.25, 0.3) is 10.4 Å². The van der Waals surface area contributed by atoms with E-state index in [9.17, 15) is 0 Å². The fourth-order valence-corrected chi connectivity index (χ4v) is 1.39. The van der Waals surface area contributed by atoms with Crippen molar-refractivity contribution in [3.8, 4) is 0 Å². The summed E-state index contributed by atoms with van der Waals surface area (Å²) >= 11 is 1.64. The Kier molecular flexibility index (Phi) is 2.70. The third-order valence-electron chi connectivity index (χ3n) is 0.979. The molecule has 50 valence electrons. The van der Waals surface area contributed by atoms with E-state index in [1.807, 2.05) is 0 Å². The number of ether oxygens (including phenoxy) is 1. The van der Waals surface area contributed by atoms with E-state index in [1.165, 1.54) is 0 Å². The van der Waals surface area contributed by atoms with Crippen LogP contribution in [0.2, 0.25) is 0 Å². The van der Waals surface area contributed by atoms with Crippen LogP contribution in [0.5, 0.6) is 0 Å². The van der Waals surface area contributed by atoms with E-state index >= 15 is 0 Å². The molecule has 0 aliphatic carbocycles. The Labute approximate surface area is 57.2 Å². The standard InChI is InChI=1S/C4H7N3OS/c5-7-6-4-3-8-1-2-9-4/h4H,1-3H2. The summed E-state index contributed by atoms with van der Waals surface area (Å²) in [5.74, 6) is 0.934. The van der Waals surface area contributed by atoms with E-state index in [1.54, 1.807) is 11.8 Å². The summed E-state index contributed by atoms with van der Waals surface area (Å²) in [6.45, 7) is 1.34. The SMILES string of the molecule is [N-]=[N+]=NC1COCCS1. The van der Waals surface area contributed by atoms with Crippen molar-refractivity contribution in [1.29, 1.82) is 0 Å². The highest BCUT2D eigenvalue weighted by Gasteiger charge is 2.10. The molecule has 0 bridgehead atoms. The molecule has 4 nitrogen and oxygen atoms in total. The van der Waals surface area contributed by atoms with Gasteiger partial charge in [0.25, 0.3) is 0 Å². The molecule has 0 aromatic rings. The van der Waals surface area contributed by atoms with Crippen LogP contribution in [-0.2, 0) is 4.74 Å². The zero-order valence-electron chi connectivity index (χ0n) is 4.86. The first kappa shape index (κ1) is 6.74. The van der Waals surface area contributed by atoms with Gasteiger partial charge >= 0.3 is 0 Å². The molecular weight excluding hydrogens is 138 g/mol. The van der Waals surface area contributed by atoms with Crippen molar-refractivity contribution in [2.45, 2.75) is 5.37 Å². The van der Waals surface area contributed by atoms with Gasteiger partial charge in [-0.2, -0.15) is 0 Å². The van der Waals surface area contributed by atoms with E-state index in [0.29, 0.717) is 6.61 Å². The van der Waals surface area contributed by atoms with Crippen molar-refractivity contribution < 1.29 is 4.74 Å². The second kappa shape index (κ2) is 3.61. The number of rotatable bonds is 1. The summed E-state index contributed by atoms with van der Waals surface area (Å²) in [6, 6.07) is 0. The summed E-state index contributed by atoms with van der Waals surface area (Å²) in [7, 11) is 0. The fraction of sp³-hybridized carbons (Fsp3) is 1.00. The van der Waals surface area contributed by atoms with Crippen LogP contribution in [-0.4, -0.2) is 24.3 Å². The van der Waals surface area contributed by atoms with Gasteiger partial charge in [0.15, 0.2) is 0 Å². The molecule has 0 saturated carbocycles. The van der Waals surface area contributed by atoms with Crippen LogP contribution >= 0.6 is 11.8 Å². The van der Waals surface area contributed by atoms with E-state index in [-0.39, 0.29) is 5.37 Å². The smallest absolute Gasteiger partial charge is 0.107 e. The predicted octanol–water partition coefficient (Wildman–Crippen LogP) is 1.39. The van der Waals surface area contributed by atoms with Crippen molar-refractivity contribution in [3.05, 3.63) is 10.4 Å². The maximum absolute atomic E-state index is 8.01.